The van der Waals surface area contributed by atoms with Crippen molar-refractivity contribution in [3.8, 4) is 16.8 Å². The Labute approximate surface area is 187 Å². The molecule has 2 aliphatic rings. The van der Waals surface area contributed by atoms with Crippen LogP contribution in [-0.2, 0) is 11.2 Å². The molecule has 1 aromatic heterocycles. The number of nitrogens with one attached hydrogen (secondary N) is 2. The Bertz CT molecular complexity index is 1180. The van der Waals surface area contributed by atoms with E-state index in [0.717, 1.165) is 48.3 Å². The summed E-state index contributed by atoms with van der Waals surface area (Å²) in [6.07, 6.45) is 3.25. The van der Waals surface area contributed by atoms with Gasteiger partial charge in [0.1, 0.15) is 11.6 Å². The summed E-state index contributed by atoms with van der Waals surface area (Å²) >= 11 is 0. The molecular weight excluding hydrogens is 402 g/mol. The standard InChI is InChI=1S/C25H29N5O2/c1-29(2)21-5-3-4-19(14-21)17-8-10-20(11-9-17)30-22(27-28-24(30)32)15-25(12-13-26-16-25)23(31)18-6-7-18/h3-5,8-11,14,18,26H,6-7,12-13,15-16H2,1-2H3,(H,28,32)/t25-/m0/s1. The van der Waals surface area contributed by atoms with E-state index >= 15 is 0 Å². The Morgan fingerprint density at radius 2 is 1.94 bits per heavy atom. The van der Waals surface area contributed by atoms with Crippen LogP contribution in [0.25, 0.3) is 16.8 Å². The first-order valence-electron chi connectivity index (χ1n) is 11.3. The molecule has 0 amide bonds. The van der Waals surface area contributed by atoms with Gasteiger partial charge in [-0.2, -0.15) is 5.10 Å². The lowest BCUT2D eigenvalue weighted by Gasteiger charge is -2.26. The summed E-state index contributed by atoms with van der Waals surface area (Å²) in [5, 5.41) is 10.3. The SMILES string of the molecule is CN(C)c1cccc(-c2ccc(-n3c(C[C@@]4(C(=O)C5CC5)CCNC4)n[nH]c3=O)cc2)c1. The van der Waals surface area contributed by atoms with Crippen LogP contribution >= 0.6 is 0 Å². The first-order chi connectivity index (χ1) is 15.5. The zero-order chi connectivity index (χ0) is 22.3. The number of H-pyrrole nitrogens is 1. The van der Waals surface area contributed by atoms with E-state index in [1.807, 2.05) is 44.4 Å². The van der Waals surface area contributed by atoms with Gasteiger partial charge in [0, 0.05) is 44.1 Å². The van der Waals surface area contributed by atoms with Crippen LogP contribution in [0, 0.1) is 11.3 Å². The Balaban J connectivity index is 1.45. The molecule has 1 saturated carbocycles. The van der Waals surface area contributed by atoms with Crippen molar-refractivity contribution in [3.05, 3.63) is 64.8 Å². The minimum Gasteiger partial charge on any atom is -0.378 e. The summed E-state index contributed by atoms with van der Waals surface area (Å²) in [5.41, 5.74) is 3.35. The molecule has 0 bridgehead atoms. The molecule has 1 aliphatic heterocycles. The molecular formula is C25H29N5O2. The zero-order valence-electron chi connectivity index (χ0n) is 18.6. The fourth-order valence-electron chi connectivity index (χ4n) is 4.75. The van der Waals surface area contributed by atoms with Gasteiger partial charge in [0.2, 0.25) is 0 Å². The van der Waals surface area contributed by atoms with Crippen LogP contribution < -0.4 is 15.9 Å². The number of ketones is 1. The average Bonchev–Trinajstić information content (AvgIpc) is 3.45. The molecule has 3 aromatic rings. The number of hydrogen-bond donors (Lipinski definition) is 2. The first-order valence-corrected chi connectivity index (χ1v) is 11.3. The third-order valence-electron chi connectivity index (χ3n) is 6.77. The van der Waals surface area contributed by atoms with E-state index in [2.05, 4.69) is 38.6 Å². The van der Waals surface area contributed by atoms with Crippen molar-refractivity contribution in [2.45, 2.75) is 25.7 Å². The summed E-state index contributed by atoms with van der Waals surface area (Å²) in [6, 6.07) is 16.3. The summed E-state index contributed by atoms with van der Waals surface area (Å²) in [6.45, 7) is 1.48. The van der Waals surface area contributed by atoms with Crippen LogP contribution in [0.5, 0.6) is 0 Å². The number of Topliss-reactive ketones (excluding diaryl/α,β-unsaturated/α-hetero) is 1. The number of benzene rings is 2. The highest BCUT2D eigenvalue weighted by Gasteiger charge is 2.48. The van der Waals surface area contributed by atoms with Gasteiger partial charge in [-0.1, -0.05) is 24.3 Å². The molecule has 2 aromatic carbocycles. The minimum atomic E-state index is -0.461. The largest absolute Gasteiger partial charge is 0.378 e. The number of anilines is 1. The van der Waals surface area contributed by atoms with Gasteiger partial charge in [-0.15, -0.1) is 0 Å². The highest BCUT2D eigenvalue weighted by Crippen LogP contribution is 2.41. The minimum absolute atomic E-state index is 0.186. The Hall–Kier alpha value is -3.19. The molecule has 1 aliphatic carbocycles. The van der Waals surface area contributed by atoms with Gasteiger partial charge in [-0.05, 0) is 61.2 Å². The quantitative estimate of drug-likeness (QED) is 0.601. The van der Waals surface area contributed by atoms with Gasteiger partial charge >= 0.3 is 5.69 Å². The number of carbonyl (C=O) groups excluding carboxylic acids is 1. The van der Waals surface area contributed by atoms with Crippen LogP contribution in [0.3, 0.4) is 0 Å². The molecule has 2 heterocycles. The number of aromatic nitrogens is 3. The van der Waals surface area contributed by atoms with Crippen molar-refractivity contribution in [1.29, 1.82) is 0 Å². The number of rotatable bonds is 7. The van der Waals surface area contributed by atoms with Gasteiger partial charge in [0.25, 0.3) is 0 Å². The number of carbonyl (C=O) groups is 1. The fraction of sp³-hybridized carbons (Fsp3) is 0.400. The maximum absolute atomic E-state index is 13.1. The van der Waals surface area contributed by atoms with E-state index < -0.39 is 5.41 Å². The van der Waals surface area contributed by atoms with E-state index in [4.69, 9.17) is 0 Å². The van der Waals surface area contributed by atoms with Gasteiger partial charge in [0.15, 0.2) is 0 Å². The van der Waals surface area contributed by atoms with Crippen molar-refractivity contribution in [3.63, 3.8) is 0 Å². The summed E-state index contributed by atoms with van der Waals surface area (Å²) in [5.74, 6) is 1.14. The summed E-state index contributed by atoms with van der Waals surface area (Å²) < 4.78 is 1.61. The third kappa shape index (κ3) is 3.77. The Morgan fingerprint density at radius 1 is 1.16 bits per heavy atom. The molecule has 7 heteroatoms. The average molecular weight is 432 g/mol. The van der Waals surface area contributed by atoms with Crippen LogP contribution in [0.2, 0.25) is 0 Å². The molecule has 2 N–H and O–H groups in total. The second-order valence-corrected chi connectivity index (χ2v) is 9.29. The lowest BCUT2D eigenvalue weighted by molar-refractivity contribution is -0.129. The lowest BCUT2D eigenvalue weighted by Crippen LogP contribution is -2.38. The van der Waals surface area contributed by atoms with E-state index in [9.17, 15) is 9.59 Å². The van der Waals surface area contributed by atoms with Gasteiger partial charge in [-0.25, -0.2) is 14.5 Å². The molecule has 1 saturated heterocycles. The molecule has 7 nitrogen and oxygen atoms in total. The first kappa shape index (κ1) is 20.7. The van der Waals surface area contributed by atoms with Crippen LogP contribution in [-0.4, -0.2) is 47.7 Å². The molecule has 166 valence electrons. The Kier molecular flexibility index (Phi) is 5.21. The topological polar surface area (TPSA) is 83.0 Å². The van der Waals surface area contributed by atoms with Crippen LogP contribution in [0.4, 0.5) is 5.69 Å². The second kappa shape index (κ2) is 8.06. The number of hydrogen-bond acceptors (Lipinski definition) is 5. The van der Waals surface area contributed by atoms with Crippen LogP contribution in [0.1, 0.15) is 25.1 Å². The van der Waals surface area contributed by atoms with E-state index in [-0.39, 0.29) is 11.6 Å². The van der Waals surface area contributed by atoms with E-state index in [1.165, 1.54) is 0 Å². The van der Waals surface area contributed by atoms with Crippen molar-refractivity contribution < 1.29 is 4.79 Å². The van der Waals surface area contributed by atoms with Crippen molar-refractivity contribution in [2.75, 3.05) is 32.1 Å². The van der Waals surface area contributed by atoms with Crippen molar-refractivity contribution >= 4 is 11.5 Å². The smallest absolute Gasteiger partial charge is 0.347 e. The highest BCUT2D eigenvalue weighted by molar-refractivity contribution is 5.89. The van der Waals surface area contributed by atoms with E-state index in [1.54, 1.807) is 4.57 Å². The molecule has 1 atom stereocenters. The molecule has 5 rings (SSSR count). The summed E-state index contributed by atoms with van der Waals surface area (Å²) in [7, 11) is 4.05. The monoisotopic (exact) mass is 431 g/mol. The van der Waals surface area contributed by atoms with Crippen LogP contribution in [0.15, 0.2) is 53.3 Å². The predicted molar refractivity (Wildman–Crippen MR) is 125 cm³/mol. The van der Waals surface area contributed by atoms with Crippen molar-refractivity contribution in [2.24, 2.45) is 11.3 Å². The number of nitrogens with zero attached hydrogens (tertiary/aromatic N) is 3. The Morgan fingerprint density at radius 3 is 2.59 bits per heavy atom. The summed E-state index contributed by atoms with van der Waals surface area (Å²) in [4.78, 5) is 27.8. The second-order valence-electron chi connectivity index (χ2n) is 9.29. The predicted octanol–water partition coefficient (Wildman–Crippen LogP) is 2.79. The fourth-order valence-corrected chi connectivity index (χ4v) is 4.75. The maximum Gasteiger partial charge on any atom is 0.347 e. The zero-order valence-corrected chi connectivity index (χ0v) is 18.6. The van der Waals surface area contributed by atoms with Gasteiger partial charge < -0.3 is 10.2 Å². The molecule has 0 radical (unpaired) electrons. The third-order valence-corrected chi connectivity index (χ3v) is 6.77. The van der Waals surface area contributed by atoms with Crippen molar-refractivity contribution in [1.82, 2.24) is 20.1 Å². The number of aromatic amines is 1. The maximum atomic E-state index is 13.1. The van der Waals surface area contributed by atoms with Gasteiger partial charge in [0.05, 0.1) is 5.69 Å². The molecule has 0 spiro atoms. The van der Waals surface area contributed by atoms with Gasteiger partial charge in [-0.3, -0.25) is 4.79 Å². The molecule has 0 unspecified atom stereocenters. The highest BCUT2D eigenvalue weighted by atomic mass is 16.2. The lowest BCUT2D eigenvalue weighted by atomic mass is 9.77. The molecule has 32 heavy (non-hydrogen) atoms. The normalized spacial score (nSPS) is 20.4. The molecule has 2 fully saturated rings. The van der Waals surface area contributed by atoms with E-state index in [0.29, 0.717) is 24.6 Å².